The summed E-state index contributed by atoms with van der Waals surface area (Å²) in [5.41, 5.74) is 7.91. The van der Waals surface area contributed by atoms with E-state index in [9.17, 15) is 4.79 Å². The van der Waals surface area contributed by atoms with E-state index in [1.165, 1.54) is 12.1 Å². The number of rotatable bonds is 2. The maximum absolute atomic E-state index is 12.4. The number of hydrogen-bond acceptors (Lipinski definition) is 2. The van der Waals surface area contributed by atoms with E-state index in [2.05, 4.69) is 0 Å². The lowest BCUT2D eigenvalue weighted by atomic mass is 10.0. The van der Waals surface area contributed by atoms with Crippen LogP contribution in [0.15, 0.2) is 30.3 Å². The number of ketones is 1. The summed E-state index contributed by atoms with van der Waals surface area (Å²) in [5.74, 6) is -0.255. The Kier molecular flexibility index (Phi) is 4.04. The van der Waals surface area contributed by atoms with Crippen LogP contribution >= 0.6 is 34.8 Å². The van der Waals surface area contributed by atoms with E-state index in [4.69, 9.17) is 40.5 Å². The summed E-state index contributed by atoms with van der Waals surface area (Å²) in [6.07, 6.45) is 0. The smallest absolute Gasteiger partial charge is 0.196 e. The van der Waals surface area contributed by atoms with Gasteiger partial charge in [-0.25, -0.2) is 0 Å². The van der Waals surface area contributed by atoms with Gasteiger partial charge in [0.15, 0.2) is 5.78 Å². The highest BCUT2D eigenvalue weighted by Gasteiger charge is 2.18. The Morgan fingerprint density at radius 1 is 1.05 bits per heavy atom. The minimum absolute atomic E-state index is 0.233. The molecule has 0 fully saturated rings. The van der Waals surface area contributed by atoms with Gasteiger partial charge in [0.05, 0.1) is 15.6 Å². The van der Waals surface area contributed by atoms with E-state index in [0.717, 1.165) is 5.56 Å². The molecule has 2 nitrogen and oxygen atoms in total. The number of nitrogen functional groups attached to an aromatic ring is 1. The molecule has 0 heterocycles. The molecule has 0 amide bonds. The summed E-state index contributed by atoms with van der Waals surface area (Å²) in [6, 6.07) is 8.02. The molecule has 5 heteroatoms. The molecule has 0 aliphatic carbocycles. The molecule has 2 rings (SSSR count). The number of carbonyl (C=O) groups excluding carboxylic acids is 1. The van der Waals surface area contributed by atoms with Gasteiger partial charge in [0.2, 0.25) is 0 Å². The number of hydrogen-bond donors (Lipinski definition) is 1. The summed E-state index contributed by atoms with van der Waals surface area (Å²) in [5, 5.41) is 0.856. The lowest BCUT2D eigenvalue weighted by Gasteiger charge is -2.08. The molecular weight excluding hydrogens is 305 g/mol. The summed E-state index contributed by atoms with van der Waals surface area (Å²) >= 11 is 17.9. The second-order valence-corrected chi connectivity index (χ2v) is 5.40. The molecule has 0 saturated carbocycles. The van der Waals surface area contributed by atoms with Crippen LogP contribution in [0.5, 0.6) is 0 Å². The van der Waals surface area contributed by atoms with Crippen molar-refractivity contribution in [2.45, 2.75) is 6.92 Å². The number of halogens is 3. The van der Waals surface area contributed by atoms with Gasteiger partial charge in [0.1, 0.15) is 0 Å². The van der Waals surface area contributed by atoms with Gasteiger partial charge in [-0.15, -0.1) is 0 Å². The third-order valence-corrected chi connectivity index (χ3v) is 3.58. The highest BCUT2D eigenvalue weighted by molar-refractivity contribution is 6.43. The van der Waals surface area contributed by atoms with E-state index in [0.29, 0.717) is 16.3 Å². The molecule has 2 N–H and O–H groups in total. The second-order valence-electron chi connectivity index (χ2n) is 4.14. The van der Waals surface area contributed by atoms with Crippen molar-refractivity contribution in [3.05, 3.63) is 62.1 Å². The quantitative estimate of drug-likeness (QED) is 0.641. The normalized spacial score (nSPS) is 10.5. The van der Waals surface area contributed by atoms with Crippen LogP contribution in [0.4, 0.5) is 5.69 Å². The Morgan fingerprint density at radius 3 is 2.16 bits per heavy atom. The van der Waals surface area contributed by atoms with E-state index in [1.807, 2.05) is 6.92 Å². The predicted octanol–water partition coefficient (Wildman–Crippen LogP) is 4.77. The number of nitrogens with two attached hydrogens (primary N) is 1. The van der Waals surface area contributed by atoms with Crippen LogP contribution in [-0.4, -0.2) is 5.78 Å². The van der Waals surface area contributed by atoms with Gasteiger partial charge < -0.3 is 5.73 Å². The number of benzene rings is 2. The highest BCUT2D eigenvalue weighted by Crippen LogP contribution is 2.31. The minimum atomic E-state index is -0.255. The number of aryl methyl sites for hydroxylation is 1. The molecule has 0 bridgehead atoms. The van der Waals surface area contributed by atoms with Gasteiger partial charge in [-0.2, -0.15) is 0 Å². The number of anilines is 1. The van der Waals surface area contributed by atoms with Crippen molar-refractivity contribution in [1.82, 2.24) is 0 Å². The first-order valence-electron chi connectivity index (χ1n) is 5.45. The summed E-state index contributed by atoms with van der Waals surface area (Å²) in [4.78, 5) is 12.4. The van der Waals surface area contributed by atoms with Crippen molar-refractivity contribution >= 4 is 46.3 Å². The van der Waals surface area contributed by atoms with Gasteiger partial charge in [0.25, 0.3) is 0 Å². The van der Waals surface area contributed by atoms with Crippen LogP contribution in [0.25, 0.3) is 0 Å². The third kappa shape index (κ3) is 2.86. The molecule has 2 aromatic rings. The molecule has 0 spiro atoms. The summed E-state index contributed by atoms with van der Waals surface area (Å²) in [6.45, 7) is 1.83. The van der Waals surface area contributed by atoms with Crippen molar-refractivity contribution < 1.29 is 4.79 Å². The zero-order valence-corrected chi connectivity index (χ0v) is 12.3. The predicted molar refractivity (Wildman–Crippen MR) is 80.5 cm³/mol. The Hall–Kier alpha value is -1.22. The maximum Gasteiger partial charge on any atom is 0.196 e. The second kappa shape index (κ2) is 5.41. The van der Waals surface area contributed by atoms with Crippen LogP contribution in [0.3, 0.4) is 0 Å². The molecule has 0 radical (unpaired) electrons. The monoisotopic (exact) mass is 313 g/mol. The zero-order chi connectivity index (χ0) is 14.2. The van der Waals surface area contributed by atoms with Crippen molar-refractivity contribution in [3.8, 4) is 0 Å². The van der Waals surface area contributed by atoms with E-state index in [-0.39, 0.29) is 21.4 Å². The van der Waals surface area contributed by atoms with Crippen molar-refractivity contribution in [2.24, 2.45) is 0 Å². The molecule has 0 saturated heterocycles. The Balaban J connectivity index is 2.53. The fraction of sp³-hybridized carbons (Fsp3) is 0.0714. The molecule has 0 aliphatic heterocycles. The van der Waals surface area contributed by atoms with Gasteiger partial charge in [-0.05, 0) is 42.8 Å². The molecule has 0 aliphatic rings. The molecule has 0 unspecified atom stereocenters. The molecule has 98 valence electrons. The van der Waals surface area contributed by atoms with Gasteiger partial charge in [-0.3, -0.25) is 4.79 Å². The molecule has 0 atom stereocenters. The largest absolute Gasteiger partial charge is 0.399 e. The highest BCUT2D eigenvalue weighted by atomic mass is 35.5. The fourth-order valence-corrected chi connectivity index (χ4v) is 2.71. The van der Waals surface area contributed by atoms with Crippen LogP contribution < -0.4 is 5.73 Å². The fourth-order valence-electron chi connectivity index (χ4n) is 1.72. The lowest BCUT2D eigenvalue weighted by molar-refractivity contribution is 0.103. The Morgan fingerprint density at radius 2 is 1.63 bits per heavy atom. The number of carbonyl (C=O) groups is 1. The first-order chi connectivity index (χ1) is 8.90. The Labute approximate surface area is 126 Å². The average molecular weight is 315 g/mol. The van der Waals surface area contributed by atoms with Crippen molar-refractivity contribution in [3.63, 3.8) is 0 Å². The van der Waals surface area contributed by atoms with Crippen LogP contribution in [0.2, 0.25) is 15.1 Å². The average Bonchev–Trinajstić information content (AvgIpc) is 2.31. The molecule has 0 aromatic heterocycles. The van der Waals surface area contributed by atoms with Crippen molar-refractivity contribution in [1.29, 1.82) is 0 Å². The van der Waals surface area contributed by atoms with Crippen LogP contribution in [-0.2, 0) is 0 Å². The van der Waals surface area contributed by atoms with E-state index < -0.39 is 0 Å². The molecule has 19 heavy (non-hydrogen) atoms. The Bertz CT molecular complexity index is 645. The SMILES string of the molecule is Cc1cc(C(=O)c2c(Cl)cc(Cl)cc2Cl)ccc1N. The van der Waals surface area contributed by atoms with E-state index >= 15 is 0 Å². The maximum atomic E-state index is 12.4. The first kappa shape index (κ1) is 14.2. The molecular formula is C14H10Cl3NO. The van der Waals surface area contributed by atoms with Gasteiger partial charge in [-0.1, -0.05) is 34.8 Å². The molecule has 2 aromatic carbocycles. The van der Waals surface area contributed by atoms with E-state index in [1.54, 1.807) is 18.2 Å². The minimum Gasteiger partial charge on any atom is -0.399 e. The summed E-state index contributed by atoms with van der Waals surface area (Å²) < 4.78 is 0. The standard InChI is InChI=1S/C14H10Cl3NO/c1-7-4-8(2-3-12(7)18)14(19)13-10(16)5-9(15)6-11(13)17/h2-6H,18H2,1H3. The van der Waals surface area contributed by atoms with Crippen LogP contribution in [0, 0.1) is 6.92 Å². The lowest BCUT2D eigenvalue weighted by Crippen LogP contribution is -2.04. The third-order valence-electron chi connectivity index (χ3n) is 2.77. The van der Waals surface area contributed by atoms with Crippen molar-refractivity contribution in [2.75, 3.05) is 5.73 Å². The van der Waals surface area contributed by atoms with Gasteiger partial charge in [0, 0.05) is 16.3 Å². The van der Waals surface area contributed by atoms with Gasteiger partial charge >= 0.3 is 0 Å². The first-order valence-corrected chi connectivity index (χ1v) is 6.59. The summed E-state index contributed by atoms with van der Waals surface area (Å²) in [7, 11) is 0. The van der Waals surface area contributed by atoms with Crippen LogP contribution in [0.1, 0.15) is 21.5 Å². The zero-order valence-electron chi connectivity index (χ0n) is 10.0. The topological polar surface area (TPSA) is 43.1 Å².